The van der Waals surface area contributed by atoms with Crippen molar-refractivity contribution in [1.82, 2.24) is 10.2 Å². The van der Waals surface area contributed by atoms with Gasteiger partial charge in [-0.05, 0) is 30.9 Å². The summed E-state index contributed by atoms with van der Waals surface area (Å²) in [6, 6.07) is 8.30. The molecule has 1 aliphatic carbocycles. The first-order valence-corrected chi connectivity index (χ1v) is 8.22. The van der Waals surface area contributed by atoms with Gasteiger partial charge >= 0.3 is 5.97 Å². The van der Waals surface area contributed by atoms with E-state index in [9.17, 15) is 9.59 Å². The molecule has 0 atom stereocenters. The Hall–Kier alpha value is -1.88. The van der Waals surface area contributed by atoms with Crippen LogP contribution in [0.5, 0.6) is 0 Å². The van der Waals surface area contributed by atoms with Gasteiger partial charge < -0.3 is 10.1 Å². The summed E-state index contributed by atoms with van der Waals surface area (Å²) in [7, 11) is 1.38. The molecule has 2 rings (SSSR count). The zero-order valence-electron chi connectivity index (χ0n) is 14.0. The molecule has 1 fully saturated rings. The summed E-state index contributed by atoms with van der Waals surface area (Å²) < 4.78 is 4.75. The highest BCUT2D eigenvalue weighted by molar-refractivity contribution is 5.79. The van der Waals surface area contributed by atoms with E-state index in [1.54, 1.807) is 0 Å². The Morgan fingerprint density at radius 1 is 1.22 bits per heavy atom. The van der Waals surface area contributed by atoms with Crippen molar-refractivity contribution in [2.45, 2.75) is 45.2 Å². The maximum Gasteiger partial charge on any atom is 0.319 e. The molecule has 0 radical (unpaired) electrons. The average Bonchev–Trinajstić information content (AvgIpc) is 3.07. The maximum absolute atomic E-state index is 12.3. The highest BCUT2D eigenvalue weighted by Crippen LogP contribution is 2.23. The van der Waals surface area contributed by atoms with Gasteiger partial charge in [0.25, 0.3) is 0 Å². The van der Waals surface area contributed by atoms with Crippen LogP contribution in [-0.4, -0.2) is 43.0 Å². The molecule has 0 heterocycles. The number of carbonyl (C=O) groups is 2. The number of methoxy groups -OCH3 is 1. The average molecular weight is 318 g/mol. The Bertz CT molecular complexity index is 539. The lowest BCUT2D eigenvalue weighted by atomic mass is 10.1. The molecule has 1 saturated carbocycles. The first-order valence-electron chi connectivity index (χ1n) is 8.22. The Kier molecular flexibility index (Phi) is 6.59. The Labute approximate surface area is 138 Å². The number of rotatable bonds is 7. The van der Waals surface area contributed by atoms with Crippen molar-refractivity contribution in [3.63, 3.8) is 0 Å². The first-order chi connectivity index (χ1) is 11.1. The second-order valence-corrected chi connectivity index (χ2v) is 6.12. The van der Waals surface area contributed by atoms with E-state index in [1.807, 2.05) is 36.1 Å². The zero-order chi connectivity index (χ0) is 16.7. The van der Waals surface area contributed by atoms with Crippen LogP contribution in [0.2, 0.25) is 0 Å². The fourth-order valence-electron chi connectivity index (χ4n) is 3.06. The molecule has 126 valence electrons. The van der Waals surface area contributed by atoms with Crippen molar-refractivity contribution in [1.29, 1.82) is 0 Å². The second-order valence-electron chi connectivity index (χ2n) is 6.12. The molecule has 0 aromatic heterocycles. The number of nitrogens with one attached hydrogen (secondary N) is 1. The van der Waals surface area contributed by atoms with Crippen LogP contribution >= 0.6 is 0 Å². The van der Waals surface area contributed by atoms with E-state index in [-0.39, 0.29) is 25.0 Å². The number of hydrogen-bond acceptors (Lipinski definition) is 4. The van der Waals surface area contributed by atoms with E-state index < -0.39 is 0 Å². The molecule has 1 N–H and O–H groups in total. The van der Waals surface area contributed by atoms with Gasteiger partial charge in [0.2, 0.25) is 5.91 Å². The van der Waals surface area contributed by atoms with Crippen LogP contribution in [0.25, 0.3) is 0 Å². The molecular formula is C18H26N2O3. The van der Waals surface area contributed by atoms with Gasteiger partial charge in [0.05, 0.1) is 20.2 Å². The Morgan fingerprint density at radius 2 is 1.91 bits per heavy atom. The van der Waals surface area contributed by atoms with E-state index >= 15 is 0 Å². The minimum Gasteiger partial charge on any atom is -0.468 e. The third-order valence-electron chi connectivity index (χ3n) is 4.48. The predicted molar refractivity (Wildman–Crippen MR) is 88.9 cm³/mol. The quantitative estimate of drug-likeness (QED) is 0.782. The molecule has 23 heavy (non-hydrogen) atoms. The Balaban J connectivity index is 1.88. The highest BCUT2D eigenvalue weighted by Gasteiger charge is 2.26. The van der Waals surface area contributed by atoms with Crippen molar-refractivity contribution in [3.05, 3.63) is 35.4 Å². The van der Waals surface area contributed by atoms with Crippen LogP contribution in [0.1, 0.15) is 36.8 Å². The summed E-state index contributed by atoms with van der Waals surface area (Å²) >= 11 is 0. The van der Waals surface area contributed by atoms with Crippen molar-refractivity contribution in [3.8, 4) is 0 Å². The third-order valence-corrected chi connectivity index (χ3v) is 4.48. The van der Waals surface area contributed by atoms with E-state index in [1.165, 1.54) is 7.11 Å². The number of aryl methyl sites for hydroxylation is 1. The second kappa shape index (κ2) is 8.67. The van der Waals surface area contributed by atoms with Crippen molar-refractivity contribution < 1.29 is 14.3 Å². The molecule has 1 aromatic rings. The van der Waals surface area contributed by atoms with Gasteiger partial charge in [-0.3, -0.25) is 14.5 Å². The number of amides is 1. The van der Waals surface area contributed by atoms with Crippen LogP contribution in [0.3, 0.4) is 0 Å². The van der Waals surface area contributed by atoms with E-state index in [2.05, 4.69) is 5.32 Å². The number of ether oxygens (including phenoxy) is 1. The summed E-state index contributed by atoms with van der Waals surface area (Å²) in [4.78, 5) is 25.8. The molecular weight excluding hydrogens is 292 g/mol. The molecule has 1 aromatic carbocycles. The zero-order valence-corrected chi connectivity index (χ0v) is 14.0. The lowest BCUT2D eigenvalue weighted by Gasteiger charge is -2.26. The molecule has 0 bridgehead atoms. The first kappa shape index (κ1) is 17.5. The number of benzene rings is 1. The van der Waals surface area contributed by atoms with Gasteiger partial charge in [-0.25, -0.2) is 0 Å². The molecule has 5 heteroatoms. The van der Waals surface area contributed by atoms with Gasteiger partial charge in [0, 0.05) is 12.6 Å². The molecule has 1 aliphatic rings. The van der Waals surface area contributed by atoms with Crippen molar-refractivity contribution in [2.75, 3.05) is 20.2 Å². The number of esters is 1. The fraction of sp³-hybridized carbons (Fsp3) is 0.556. The minimum atomic E-state index is -0.288. The number of carbonyl (C=O) groups excluding carboxylic acids is 2. The maximum atomic E-state index is 12.3. The third kappa shape index (κ3) is 5.36. The SMILES string of the molecule is COC(=O)CN(CC(=O)NCc1ccccc1C)C1CCCC1. The van der Waals surface area contributed by atoms with Crippen LogP contribution in [0, 0.1) is 6.92 Å². The van der Waals surface area contributed by atoms with Crippen molar-refractivity contribution >= 4 is 11.9 Å². The predicted octanol–water partition coefficient (Wildman–Crippen LogP) is 2.03. The smallest absolute Gasteiger partial charge is 0.319 e. The van der Waals surface area contributed by atoms with Gasteiger partial charge in [-0.15, -0.1) is 0 Å². The number of nitrogens with zero attached hydrogens (tertiary/aromatic N) is 1. The summed E-state index contributed by atoms with van der Waals surface area (Å²) in [6.45, 7) is 2.97. The van der Waals surface area contributed by atoms with Gasteiger partial charge in [0.15, 0.2) is 0 Å². The summed E-state index contributed by atoms with van der Waals surface area (Å²) in [5.74, 6) is -0.340. The molecule has 0 aliphatic heterocycles. The molecule has 0 unspecified atom stereocenters. The monoisotopic (exact) mass is 318 g/mol. The lowest BCUT2D eigenvalue weighted by Crippen LogP contribution is -2.44. The van der Waals surface area contributed by atoms with E-state index in [0.29, 0.717) is 12.6 Å². The largest absolute Gasteiger partial charge is 0.468 e. The molecule has 0 spiro atoms. The standard InChI is InChI=1S/C18H26N2O3/c1-14-7-3-4-8-15(14)11-19-17(21)12-20(13-18(22)23-2)16-9-5-6-10-16/h3-4,7-8,16H,5-6,9-13H2,1-2H3,(H,19,21). The van der Waals surface area contributed by atoms with Crippen LogP contribution < -0.4 is 5.32 Å². The van der Waals surface area contributed by atoms with Crippen LogP contribution in [0.4, 0.5) is 0 Å². The van der Waals surface area contributed by atoms with Crippen molar-refractivity contribution in [2.24, 2.45) is 0 Å². The fourth-order valence-corrected chi connectivity index (χ4v) is 3.06. The lowest BCUT2D eigenvalue weighted by molar-refractivity contribution is -0.143. The summed E-state index contributed by atoms with van der Waals surface area (Å²) in [5, 5.41) is 2.95. The molecule has 1 amide bonds. The Morgan fingerprint density at radius 3 is 2.57 bits per heavy atom. The van der Waals surface area contributed by atoms with Crippen LogP contribution in [-0.2, 0) is 20.9 Å². The summed E-state index contributed by atoms with van der Waals surface area (Å²) in [5.41, 5.74) is 2.27. The highest BCUT2D eigenvalue weighted by atomic mass is 16.5. The minimum absolute atomic E-state index is 0.0518. The normalized spacial score (nSPS) is 14.9. The number of hydrogen-bond donors (Lipinski definition) is 1. The molecule has 0 saturated heterocycles. The van der Waals surface area contributed by atoms with Crippen LogP contribution in [0.15, 0.2) is 24.3 Å². The van der Waals surface area contributed by atoms with E-state index in [4.69, 9.17) is 4.74 Å². The van der Waals surface area contributed by atoms with E-state index in [0.717, 1.165) is 36.8 Å². The summed E-state index contributed by atoms with van der Waals surface area (Å²) in [6.07, 6.45) is 4.41. The van der Waals surface area contributed by atoms with Gasteiger partial charge in [-0.1, -0.05) is 37.1 Å². The van der Waals surface area contributed by atoms with Gasteiger partial charge in [-0.2, -0.15) is 0 Å². The molecule has 5 nitrogen and oxygen atoms in total. The topological polar surface area (TPSA) is 58.6 Å². The van der Waals surface area contributed by atoms with Gasteiger partial charge in [0.1, 0.15) is 0 Å².